The molecule has 0 fully saturated rings. The molecule has 2 rings (SSSR count). The average Bonchev–Trinajstić information content (AvgIpc) is 2.67. The van der Waals surface area contributed by atoms with Crippen LogP contribution in [-0.2, 0) is 6.54 Å². The van der Waals surface area contributed by atoms with Gasteiger partial charge in [-0.1, -0.05) is 23.2 Å². The van der Waals surface area contributed by atoms with E-state index in [9.17, 15) is 0 Å². The molecule has 18 heavy (non-hydrogen) atoms. The molecule has 0 saturated heterocycles. The van der Waals surface area contributed by atoms with E-state index in [0.717, 1.165) is 21.3 Å². The molecule has 0 radical (unpaired) electrons. The Hall–Kier alpha value is -0.680. The molecule has 6 heteroatoms. The van der Waals surface area contributed by atoms with Gasteiger partial charge in [0.15, 0.2) is 0 Å². The summed E-state index contributed by atoms with van der Waals surface area (Å²) in [5.41, 5.74) is 2.84. The fraction of sp³-hybridized carbons (Fsp3) is 0.333. The van der Waals surface area contributed by atoms with E-state index in [4.69, 9.17) is 23.2 Å². The van der Waals surface area contributed by atoms with Crippen LogP contribution < -0.4 is 5.32 Å². The Bertz CT molecular complexity index is 525. The van der Waals surface area contributed by atoms with Crippen LogP contribution in [0.2, 0.25) is 8.67 Å². The smallest absolute Gasteiger partial charge is 0.0991 e. The zero-order valence-electron chi connectivity index (χ0n) is 10.1. The van der Waals surface area contributed by atoms with Crippen molar-refractivity contribution in [1.29, 1.82) is 0 Å². The number of hydrogen-bond acceptors (Lipinski definition) is 4. The summed E-state index contributed by atoms with van der Waals surface area (Å²) < 4.78 is 1.44. The molecule has 0 aromatic carbocycles. The second kappa shape index (κ2) is 5.97. The first-order valence-electron chi connectivity index (χ1n) is 5.52. The molecule has 0 bridgehead atoms. The van der Waals surface area contributed by atoms with Gasteiger partial charge in [-0.3, -0.25) is 9.97 Å². The average molecular weight is 302 g/mol. The predicted octanol–water partition coefficient (Wildman–Crippen LogP) is 4.00. The van der Waals surface area contributed by atoms with Gasteiger partial charge in [0.05, 0.1) is 20.1 Å². The maximum atomic E-state index is 6.11. The van der Waals surface area contributed by atoms with Gasteiger partial charge in [-0.25, -0.2) is 0 Å². The number of thiophene rings is 1. The summed E-state index contributed by atoms with van der Waals surface area (Å²) in [4.78, 5) is 8.49. The highest BCUT2D eigenvalue weighted by molar-refractivity contribution is 7.20. The lowest BCUT2D eigenvalue weighted by Crippen LogP contribution is -2.18. The van der Waals surface area contributed by atoms with Crippen LogP contribution in [0.1, 0.15) is 29.9 Å². The van der Waals surface area contributed by atoms with Crippen molar-refractivity contribution in [3.8, 4) is 0 Å². The molecule has 1 N–H and O–H groups in total. The third-order valence-corrected chi connectivity index (χ3v) is 4.09. The molecular formula is C12H13Cl2N3S. The van der Waals surface area contributed by atoms with Crippen molar-refractivity contribution in [2.24, 2.45) is 0 Å². The van der Waals surface area contributed by atoms with E-state index in [1.54, 1.807) is 12.4 Å². The number of rotatable bonds is 4. The minimum Gasteiger partial charge on any atom is -0.304 e. The third kappa shape index (κ3) is 3.42. The molecule has 1 unspecified atom stereocenters. The first kappa shape index (κ1) is 13.7. The highest BCUT2D eigenvalue weighted by Crippen LogP contribution is 2.34. The van der Waals surface area contributed by atoms with Gasteiger partial charge >= 0.3 is 0 Å². The van der Waals surface area contributed by atoms with Gasteiger partial charge in [-0.05, 0) is 25.5 Å². The quantitative estimate of drug-likeness (QED) is 0.927. The molecule has 3 nitrogen and oxygen atoms in total. The van der Waals surface area contributed by atoms with Gasteiger partial charge in [0, 0.05) is 25.0 Å². The second-order valence-electron chi connectivity index (χ2n) is 4.03. The van der Waals surface area contributed by atoms with Crippen molar-refractivity contribution in [3.63, 3.8) is 0 Å². The summed E-state index contributed by atoms with van der Waals surface area (Å²) in [6, 6.07) is 2.02. The predicted molar refractivity (Wildman–Crippen MR) is 76.4 cm³/mol. The number of nitrogens with one attached hydrogen (secondary N) is 1. The second-order valence-corrected chi connectivity index (χ2v) is 6.32. The van der Waals surface area contributed by atoms with Crippen LogP contribution in [0.3, 0.4) is 0 Å². The molecule has 2 aromatic rings. The van der Waals surface area contributed by atoms with Crippen LogP contribution >= 0.6 is 34.5 Å². The SMILES string of the molecule is Cc1cnc(CNC(C)c2cc(Cl)sc2Cl)cn1. The molecule has 0 aliphatic carbocycles. The minimum absolute atomic E-state index is 0.129. The van der Waals surface area contributed by atoms with E-state index in [0.29, 0.717) is 10.9 Å². The summed E-state index contributed by atoms with van der Waals surface area (Å²) in [6.07, 6.45) is 3.54. The Morgan fingerprint density at radius 1 is 1.33 bits per heavy atom. The summed E-state index contributed by atoms with van der Waals surface area (Å²) in [5.74, 6) is 0. The zero-order chi connectivity index (χ0) is 13.1. The summed E-state index contributed by atoms with van der Waals surface area (Å²) >= 11 is 13.4. The highest BCUT2D eigenvalue weighted by Gasteiger charge is 2.13. The van der Waals surface area contributed by atoms with E-state index in [1.165, 1.54) is 11.3 Å². The summed E-state index contributed by atoms with van der Waals surface area (Å²) in [6.45, 7) is 4.62. The first-order chi connectivity index (χ1) is 8.56. The van der Waals surface area contributed by atoms with Crippen molar-refractivity contribution >= 4 is 34.5 Å². The van der Waals surface area contributed by atoms with E-state index in [-0.39, 0.29) is 6.04 Å². The largest absolute Gasteiger partial charge is 0.304 e. The van der Waals surface area contributed by atoms with E-state index in [1.807, 2.05) is 19.9 Å². The van der Waals surface area contributed by atoms with Crippen molar-refractivity contribution in [3.05, 3.63) is 44.1 Å². The standard InChI is InChI=1S/C12H13Cl2N3S/c1-7-4-17-9(5-15-7)6-16-8(2)10-3-11(13)18-12(10)14/h3-5,8,16H,6H2,1-2H3. The van der Waals surface area contributed by atoms with E-state index in [2.05, 4.69) is 15.3 Å². The Morgan fingerprint density at radius 2 is 2.11 bits per heavy atom. The molecule has 1 atom stereocenters. The lowest BCUT2D eigenvalue weighted by Gasteiger charge is -2.12. The molecule has 0 aliphatic rings. The van der Waals surface area contributed by atoms with Crippen LogP contribution in [0.5, 0.6) is 0 Å². The van der Waals surface area contributed by atoms with E-state index >= 15 is 0 Å². The molecular weight excluding hydrogens is 289 g/mol. The fourth-order valence-corrected chi connectivity index (χ4v) is 3.17. The van der Waals surface area contributed by atoms with Gasteiger partial charge < -0.3 is 5.32 Å². The number of nitrogens with zero attached hydrogens (tertiary/aromatic N) is 2. The highest BCUT2D eigenvalue weighted by atomic mass is 35.5. The molecule has 0 aliphatic heterocycles. The maximum absolute atomic E-state index is 6.11. The molecule has 96 valence electrons. The third-order valence-electron chi connectivity index (χ3n) is 2.57. The molecule has 0 spiro atoms. The summed E-state index contributed by atoms with van der Waals surface area (Å²) in [5, 5.41) is 3.35. The summed E-state index contributed by atoms with van der Waals surface area (Å²) in [7, 11) is 0. The Balaban J connectivity index is 1.98. The number of aromatic nitrogens is 2. The molecule has 2 aromatic heterocycles. The number of aryl methyl sites for hydroxylation is 1. The zero-order valence-corrected chi connectivity index (χ0v) is 12.4. The van der Waals surface area contributed by atoms with Crippen LogP contribution in [0, 0.1) is 6.92 Å². The van der Waals surface area contributed by atoms with Gasteiger partial charge in [-0.15, -0.1) is 11.3 Å². The van der Waals surface area contributed by atoms with E-state index < -0.39 is 0 Å². The normalized spacial score (nSPS) is 12.7. The Morgan fingerprint density at radius 3 is 2.67 bits per heavy atom. The maximum Gasteiger partial charge on any atom is 0.0991 e. The van der Waals surface area contributed by atoms with Crippen LogP contribution in [0.25, 0.3) is 0 Å². The molecule has 0 saturated carbocycles. The fourth-order valence-electron chi connectivity index (χ4n) is 1.53. The lowest BCUT2D eigenvalue weighted by atomic mass is 10.2. The van der Waals surface area contributed by atoms with Gasteiger partial charge in [0.1, 0.15) is 0 Å². The topological polar surface area (TPSA) is 37.8 Å². The van der Waals surface area contributed by atoms with Crippen LogP contribution in [0.4, 0.5) is 0 Å². The molecule has 0 amide bonds. The monoisotopic (exact) mass is 301 g/mol. The van der Waals surface area contributed by atoms with Crippen molar-refractivity contribution in [2.45, 2.75) is 26.4 Å². The number of halogens is 2. The van der Waals surface area contributed by atoms with Crippen LogP contribution in [0.15, 0.2) is 18.5 Å². The van der Waals surface area contributed by atoms with Crippen molar-refractivity contribution < 1.29 is 0 Å². The Labute approximate surface area is 120 Å². The van der Waals surface area contributed by atoms with Gasteiger partial charge in [0.25, 0.3) is 0 Å². The molecule has 2 heterocycles. The van der Waals surface area contributed by atoms with Crippen LogP contribution in [-0.4, -0.2) is 9.97 Å². The van der Waals surface area contributed by atoms with Crippen molar-refractivity contribution in [2.75, 3.05) is 0 Å². The first-order valence-corrected chi connectivity index (χ1v) is 7.09. The Kier molecular flexibility index (Phi) is 4.56. The van der Waals surface area contributed by atoms with Crippen molar-refractivity contribution in [1.82, 2.24) is 15.3 Å². The number of hydrogen-bond donors (Lipinski definition) is 1. The minimum atomic E-state index is 0.129. The van der Waals surface area contributed by atoms with Gasteiger partial charge in [0.2, 0.25) is 0 Å². The lowest BCUT2D eigenvalue weighted by molar-refractivity contribution is 0.568. The van der Waals surface area contributed by atoms with Gasteiger partial charge in [-0.2, -0.15) is 0 Å².